The first kappa shape index (κ1) is 10.2. The zero-order chi connectivity index (χ0) is 10.8. The number of aromatic nitrogens is 2. The molecule has 4 heteroatoms. The smallest absolute Gasteiger partial charge is 0.252 e. The van der Waals surface area contributed by atoms with Crippen LogP contribution in [0.5, 0.6) is 0 Å². The molecule has 0 amide bonds. The first-order valence-electron chi connectivity index (χ1n) is 5.48. The number of hydrogen-bond acceptors (Lipinski definition) is 3. The molecule has 4 nitrogen and oxygen atoms in total. The minimum Gasteiger partial charge on any atom is -0.342 e. The summed E-state index contributed by atoms with van der Waals surface area (Å²) in [6, 6.07) is 1.52. The van der Waals surface area contributed by atoms with Crippen LogP contribution < -0.4 is 10.5 Å². The van der Waals surface area contributed by atoms with Gasteiger partial charge in [0.2, 0.25) is 5.95 Å². The third kappa shape index (κ3) is 2.37. The average Bonchev–Trinajstić information content (AvgIpc) is 2.16. The molecule has 0 unspecified atom stereocenters. The van der Waals surface area contributed by atoms with Gasteiger partial charge in [-0.05, 0) is 25.7 Å². The number of H-pyrrole nitrogens is 1. The van der Waals surface area contributed by atoms with Gasteiger partial charge in [0.25, 0.3) is 5.56 Å². The van der Waals surface area contributed by atoms with Gasteiger partial charge >= 0.3 is 0 Å². The van der Waals surface area contributed by atoms with Crippen molar-refractivity contribution in [2.75, 3.05) is 18.0 Å². The number of nitrogens with one attached hydrogen (secondary N) is 1. The Morgan fingerprint density at radius 3 is 3.07 bits per heavy atom. The average molecular weight is 207 g/mol. The molecule has 1 N–H and O–H groups in total. The Labute approximate surface area is 89.3 Å². The largest absolute Gasteiger partial charge is 0.342 e. The third-order valence-electron chi connectivity index (χ3n) is 2.81. The van der Waals surface area contributed by atoms with Gasteiger partial charge in [0.05, 0.1) is 0 Å². The van der Waals surface area contributed by atoms with E-state index in [0.717, 1.165) is 24.7 Å². The van der Waals surface area contributed by atoms with Crippen molar-refractivity contribution in [2.45, 2.75) is 26.7 Å². The normalized spacial score (nSPS) is 21.7. The number of piperidine rings is 1. The highest BCUT2D eigenvalue weighted by Gasteiger charge is 2.18. The molecule has 2 heterocycles. The van der Waals surface area contributed by atoms with Crippen LogP contribution in [0, 0.1) is 12.8 Å². The third-order valence-corrected chi connectivity index (χ3v) is 2.81. The standard InChI is InChI=1S/C11H17N3O/c1-8-4-3-5-14(7-8)11-12-9(2)6-10(15)13-11/h6,8H,3-5,7H2,1-2H3,(H,12,13,15)/t8-/m0/s1. The highest BCUT2D eigenvalue weighted by Crippen LogP contribution is 2.18. The van der Waals surface area contributed by atoms with Gasteiger partial charge in [0.1, 0.15) is 0 Å². The van der Waals surface area contributed by atoms with Crippen molar-refractivity contribution in [2.24, 2.45) is 5.92 Å². The molecule has 0 aromatic carbocycles. The molecule has 0 bridgehead atoms. The maximum Gasteiger partial charge on any atom is 0.252 e. The minimum absolute atomic E-state index is 0.0595. The van der Waals surface area contributed by atoms with E-state index in [1.54, 1.807) is 0 Å². The molecule has 0 aliphatic carbocycles. The van der Waals surface area contributed by atoms with Crippen LogP contribution in [0.4, 0.5) is 5.95 Å². The first-order chi connectivity index (χ1) is 7.15. The molecule has 1 atom stereocenters. The van der Waals surface area contributed by atoms with Gasteiger partial charge in [-0.1, -0.05) is 6.92 Å². The molecule has 15 heavy (non-hydrogen) atoms. The number of hydrogen-bond donors (Lipinski definition) is 1. The summed E-state index contributed by atoms with van der Waals surface area (Å²) in [6.45, 7) is 6.08. The van der Waals surface area contributed by atoms with Crippen LogP contribution in [-0.4, -0.2) is 23.1 Å². The zero-order valence-corrected chi connectivity index (χ0v) is 9.29. The molecule has 2 rings (SSSR count). The number of rotatable bonds is 1. The van der Waals surface area contributed by atoms with Gasteiger partial charge < -0.3 is 4.90 Å². The molecule has 0 spiro atoms. The quantitative estimate of drug-likeness (QED) is 0.755. The predicted molar refractivity (Wildman–Crippen MR) is 60.2 cm³/mol. The van der Waals surface area contributed by atoms with Crippen molar-refractivity contribution in [3.05, 3.63) is 22.1 Å². The van der Waals surface area contributed by atoms with Crippen molar-refractivity contribution in [1.82, 2.24) is 9.97 Å². The summed E-state index contributed by atoms with van der Waals surface area (Å²) in [6.07, 6.45) is 2.45. The summed E-state index contributed by atoms with van der Waals surface area (Å²) in [7, 11) is 0. The van der Waals surface area contributed by atoms with Crippen molar-refractivity contribution < 1.29 is 0 Å². The Balaban J connectivity index is 2.24. The molecule has 0 saturated carbocycles. The maximum absolute atomic E-state index is 11.3. The molecule has 1 fully saturated rings. The van der Waals surface area contributed by atoms with Crippen LogP contribution in [0.1, 0.15) is 25.5 Å². The Morgan fingerprint density at radius 2 is 2.40 bits per heavy atom. The van der Waals surface area contributed by atoms with Crippen LogP contribution in [0.3, 0.4) is 0 Å². The van der Waals surface area contributed by atoms with Crippen LogP contribution in [0.25, 0.3) is 0 Å². The van der Waals surface area contributed by atoms with Crippen LogP contribution in [0.15, 0.2) is 10.9 Å². The molecule has 82 valence electrons. The van der Waals surface area contributed by atoms with Crippen molar-refractivity contribution in [1.29, 1.82) is 0 Å². The van der Waals surface area contributed by atoms with Gasteiger partial charge in [-0.25, -0.2) is 4.98 Å². The molecule has 1 aliphatic rings. The summed E-state index contributed by atoms with van der Waals surface area (Å²) in [5.74, 6) is 1.41. The van der Waals surface area contributed by atoms with Gasteiger partial charge in [-0.2, -0.15) is 0 Å². The SMILES string of the molecule is Cc1cc(=O)[nH]c(N2CCC[C@H](C)C2)n1. The topological polar surface area (TPSA) is 49.0 Å². The zero-order valence-electron chi connectivity index (χ0n) is 9.29. The fourth-order valence-corrected chi connectivity index (χ4v) is 2.09. The van der Waals surface area contributed by atoms with E-state index in [4.69, 9.17) is 0 Å². The molecule has 1 aromatic heterocycles. The number of anilines is 1. The van der Waals surface area contributed by atoms with Crippen molar-refractivity contribution in [3.63, 3.8) is 0 Å². The second-order valence-corrected chi connectivity index (χ2v) is 4.40. The Morgan fingerprint density at radius 1 is 1.60 bits per heavy atom. The molecule has 1 aliphatic heterocycles. The molecular formula is C11H17N3O. The van der Waals surface area contributed by atoms with Gasteiger partial charge in [-0.3, -0.25) is 9.78 Å². The molecule has 1 aromatic rings. The fourth-order valence-electron chi connectivity index (χ4n) is 2.09. The van der Waals surface area contributed by atoms with Gasteiger partial charge in [0.15, 0.2) is 0 Å². The monoisotopic (exact) mass is 207 g/mol. The van der Waals surface area contributed by atoms with Crippen LogP contribution in [-0.2, 0) is 0 Å². The Hall–Kier alpha value is -1.32. The summed E-state index contributed by atoms with van der Waals surface area (Å²) in [4.78, 5) is 20.6. The van der Waals surface area contributed by atoms with E-state index >= 15 is 0 Å². The number of nitrogens with zero attached hydrogens (tertiary/aromatic N) is 2. The van der Waals surface area contributed by atoms with Gasteiger partial charge in [0, 0.05) is 24.8 Å². The fraction of sp³-hybridized carbons (Fsp3) is 0.636. The van der Waals surface area contributed by atoms with E-state index < -0.39 is 0 Å². The van der Waals surface area contributed by atoms with Crippen molar-refractivity contribution in [3.8, 4) is 0 Å². The van der Waals surface area contributed by atoms with E-state index in [9.17, 15) is 4.79 Å². The summed E-state index contributed by atoms with van der Waals surface area (Å²) in [5, 5.41) is 0. The summed E-state index contributed by atoms with van der Waals surface area (Å²) < 4.78 is 0. The first-order valence-corrected chi connectivity index (χ1v) is 5.48. The second-order valence-electron chi connectivity index (χ2n) is 4.40. The Bertz CT molecular complexity index is 399. The van der Waals surface area contributed by atoms with Crippen LogP contribution in [0.2, 0.25) is 0 Å². The van der Waals surface area contributed by atoms with Gasteiger partial charge in [-0.15, -0.1) is 0 Å². The number of aromatic amines is 1. The van der Waals surface area contributed by atoms with E-state index in [0.29, 0.717) is 5.92 Å². The second kappa shape index (κ2) is 4.04. The molecule has 0 radical (unpaired) electrons. The summed E-state index contributed by atoms with van der Waals surface area (Å²) >= 11 is 0. The lowest BCUT2D eigenvalue weighted by Crippen LogP contribution is -2.36. The van der Waals surface area contributed by atoms with Crippen LogP contribution >= 0.6 is 0 Å². The highest BCUT2D eigenvalue weighted by atomic mass is 16.1. The van der Waals surface area contributed by atoms with E-state index in [1.807, 2.05) is 6.92 Å². The molecular weight excluding hydrogens is 190 g/mol. The highest BCUT2D eigenvalue weighted by molar-refractivity contribution is 5.30. The van der Waals surface area contributed by atoms with E-state index in [1.165, 1.54) is 18.9 Å². The van der Waals surface area contributed by atoms with E-state index in [2.05, 4.69) is 21.8 Å². The lowest BCUT2D eigenvalue weighted by Gasteiger charge is -2.31. The van der Waals surface area contributed by atoms with Crippen molar-refractivity contribution >= 4 is 5.95 Å². The Kier molecular flexibility index (Phi) is 2.75. The molecule has 1 saturated heterocycles. The summed E-state index contributed by atoms with van der Waals surface area (Å²) in [5.41, 5.74) is 0.725. The lowest BCUT2D eigenvalue weighted by molar-refractivity contribution is 0.441. The number of aryl methyl sites for hydroxylation is 1. The minimum atomic E-state index is -0.0595. The van der Waals surface area contributed by atoms with E-state index in [-0.39, 0.29) is 5.56 Å². The lowest BCUT2D eigenvalue weighted by atomic mass is 10.0. The predicted octanol–water partition coefficient (Wildman–Crippen LogP) is 1.31. The maximum atomic E-state index is 11.3.